The molecule has 0 aliphatic heterocycles. The predicted molar refractivity (Wildman–Crippen MR) is 114 cm³/mol. The van der Waals surface area contributed by atoms with Gasteiger partial charge in [-0.25, -0.2) is 14.8 Å². The summed E-state index contributed by atoms with van der Waals surface area (Å²) < 4.78 is 24.2. The first-order chi connectivity index (χ1) is 14.2. The highest BCUT2D eigenvalue weighted by atomic mass is 35.5. The molecule has 30 heavy (non-hydrogen) atoms. The highest BCUT2D eigenvalue weighted by Gasteiger charge is 2.25. The lowest BCUT2D eigenvalue weighted by Gasteiger charge is -2.25. The van der Waals surface area contributed by atoms with Crippen LogP contribution in [0.1, 0.15) is 46.6 Å². The number of alkyl carbamates (subject to hydrolysis) is 1. The molecule has 0 aromatic carbocycles. The molecule has 0 fully saturated rings. The van der Waals surface area contributed by atoms with Gasteiger partial charge in [-0.3, -0.25) is 0 Å². The lowest BCUT2D eigenvalue weighted by Crippen LogP contribution is -2.44. The maximum absolute atomic E-state index is 12.3. The Balaban J connectivity index is 2.42. The van der Waals surface area contributed by atoms with E-state index >= 15 is 0 Å². The zero-order valence-electron chi connectivity index (χ0n) is 18.4. The Morgan fingerprint density at radius 3 is 2.47 bits per heavy atom. The summed E-state index contributed by atoms with van der Waals surface area (Å²) in [5, 5.41) is 3.86. The van der Waals surface area contributed by atoms with Crippen LogP contribution in [0, 0.1) is 0 Å². The summed E-state index contributed by atoms with van der Waals surface area (Å²) in [6.07, 6.45) is 0.255. The number of halogens is 1. The Morgan fingerprint density at radius 2 is 1.90 bits per heavy atom. The molecule has 1 atom stereocenters. The Kier molecular flexibility index (Phi) is 8.84. The molecule has 0 saturated heterocycles. The number of hydrogen-bond acceptors (Lipinski definition) is 7. The fourth-order valence-corrected chi connectivity index (χ4v) is 3.18. The molecule has 0 bridgehead atoms. The minimum Gasteiger partial charge on any atom is -0.444 e. The number of aromatic nitrogens is 3. The first-order valence-electron chi connectivity index (χ1n) is 9.91. The number of amides is 1. The van der Waals surface area contributed by atoms with Gasteiger partial charge in [0.1, 0.15) is 22.7 Å². The van der Waals surface area contributed by atoms with Crippen molar-refractivity contribution in [2.75, 3.05) is 26.9 Å². The molecule has 0 aliphatic rings. The van der Waals surface area contributed by atoms with Crippen LogP contribution in [-0.4, -0.2) is 59.2 Å². The van der Waals surface area contributed by atoms with Gasteiger partial charge in [0.15, 0.2) is 6.29 Å². The van der Waals surface area contributed by atoms with Crippen LogP contribution in [0.5, 0.6) is 0 Å². The minimum absolute atomic E-state index is 0.269. The molecular weight excluding hydrogens is 412 g/mol. The smallest absolute Gasteiger partial charge is 0.408 e. The first-order valence-corrected chi connectivity index (χ1v) is 10.3. The van der Waals surface area contributed by atoms with Crippen LogP contribution < -0.4 is 5.32 Å². The summed E-state index contributed by atoms with van der Waals surface area (Å²) in [6, 6.07) is 1.46. The zero-order valence-corrected chi connectivity index (χ0v) is 19.2. The van der Waals surface area contributed by atoms with Gasteiger partial charge in [0.25, 0.3) is 0 Å². The van der Waals surface area contributed by atoms with Gasteiger partial charge in [-0.05, 0) is 40.7 Å². The Bertz CT molecular complexity index is 830. The SMILES string of the molecule is CCOC(OCC)c1cc2c(Cl)ncnc2n1CC(COC)NC(=O)OC(C)(C)C. The van der Waals surface area contributed by atoms with E-state index in [1.54, 1.807) is 7.11 Å². The average Bonchev–Trinajstić information content (AvgIpc) is 3.00. The summed E-state index contributed by atoms with van der Waals surface area (Å²) in [4.78, 5) is 20.8. The van der Waals surface area contributed by atoms with E-state index in [1.807, 2.05) is 45.3 Å². The van der Waals surface area contributed by atoms with E-state index in [-0.39, 0.29) is 6.61 Å². The Labute approximate surface area is 182 Å². The van der Waals surface area contributed by atoms with Crippen molar-refractivity contribution in [3.05, 3.63) is 23.2 Å². The standard InChI is InChI=1S/C20H31ClN4O5/c1-7-28-18(29-8-2)15-9-14-16(21)22-12-23-17(14)25(15)10-13(11-27-6)24-19(26)30-20(3,4)5/h9,12-13,18H,7-8,10-11H2,1-6H3,(H,24,26). The average molecular weight is 443 g/mol. The monoisotopic (exact) mass is 442 g/mol. The zero-order chi connectivity index (χ0) is 22.3. The van der Waals surface area contributed by atoms with Crippen LogP contribution in [-0.2, 0) is 25.5 Å². The van der Waals surface area contributed by atoms with E-state index < -0.39 is 24.0 Å². The molecule has 10 heteroatoms. The molecule has 1 amide bonds. The maximum atomic E-state index is 12.3. The van der Waals surface area contributed by atoms with Crippen LogP contribution in [0.25, 0.3) is 11.0 Å². The third-order valence-electron chi connectivity index (χ3n) is 4.04. The van der Waals surface area contributed by atoms with Gasteiger partial charge in [0, 0.05) is 26.9 Å². The second kappa shape index (κ2) is 10.9. The summed E-state index contributed by atoms with van der Waals surface area (Å²) >= 11 is 6.30. The van der Waals surface area contributed by atoms with Crippen molar-refractivity contribution in [3.8, 4) is 0 Å². The van der Waals surface area contributed by atoms with E-state index in [0.29, 0.717) is 35.9 Å². The predicted octanol–water partition coefficient (Wildman–Crippen LogP) is 3.70. The molecule has 0 spiro atoms. The number of carbonyl (C=O) groups is 1. The third-order valence-corrected chi connectivity index (χ3v) is 4.34. The van der Waals surface area contributed by atoms with Crippen molar-refractivity contribution >= 4 is 28.7 Å². The molecule has 2 aromatic rings. The Morgan fingerprint density at radius 1 is 1.23 bits per heavy atom. The van der Waals surface area contributed by atoms with E-state index in [1.165, 1.54) is 6.33 Å². The summed E-state index contributed by atoms with van der Waals surface area (Å²) in [7, 11) is 1.57. The van der Waals surface area contributed by atoms with E-state index in [9.17, 15) is 4.79 Å². The molecule has 168 valence electrons. The van der Waals surface area contributed by atoms with Gasteiger partial charge in [0.05, 0.1) is 23.7 Å². The van der Waals surface area contributed by atoms with Crippen LogP contribution in [0.3, 0.4) is 0 Å². The van der Waals surface area contributed by atoms with Crippen molar-refractivity contribution in [1.29, 1.82) is 0 Å². The highest BCUT2D eigenvalue weighted by Crippen LogP contribution is 2.30. The van der Waals surface area contributed by atoms with Crippen LogP contribution in [0.2, 0.25) is 5.15 Å². The second-order valence-electron chi connectivity index (χ2n) is 7.62. The molecule has 2 aromatic heterocycles. The lowest BCUT2D eigenvalue weighted by molar-refractivity contribution is -0.144. The van der Waals surface area contributed by atoms with Gasteiger partial charge in [-0.2, -0.15) is 0 Å². The van der Waals surface area contributed by atoms with Crippen molar-refractivity contribution in [1.82, 2.24) is 19.9 Å². The molecule has 1 N–H and O–H groups in total. The summed E-state index contributed by atoms with van der Waals surface area (Å²) in [5.74, 6) is 0. The number of rotatable bonds is 10. The summed E-state index contributed by atoms with van der Waals surface area (Å²) in [6.45, 7) is 10.7. The summed E-state index contributed by atoms with van der Waals surface area (Å²) in [5.41, 5.74) is 0.729. The quantitative estimate of drug-likeness (QED) is 0.442. The molecule has 2 heterocycles. The molecule has 2 rings (SSSR count). The first kappa shape index (κ1) is 24.3. The number of hydrogen-bond donors (Lipinski definition) is 1. The number of nitrogens with one attached hydrogen (secondary N) is 1. The number of methoxy groups -OCH3 is 1. The molecule has 1 unspecified atom stereocenters. The number of fused-ring (bicyclic) bond motifs is 1. The van der Waals surface area contributed by atoms with Gasteiger partial charge >= 0.3 is 6.09 Å². The molecule has 0 aliphatic carbocycles. The maximum Gasteiger partial charge on any atom is 0.408 e. The lowest BCUT2D eigenvalue weighted by atomic mass is 10.2. The topological polar surface area (TPSA) is 96.7 Å². The number of nitrogens with zero attached hydrogens (tertiary/aromatic N) is 3. The van der Waals surface area contributed by atoms with Gasteiger partial charge in [-0.1, -0.05) is 11.6 Å². The normalized spacial score (nSPS) is 13.1. The van der Waals surface area contributed by atoms with Crippen LogP contribution in [0.4, 0.5) is 4.79 Å². The Hall–Kier alpha value is -1.94. The van der Waals surface area contributed by atoms with Crippen molar-refractivity contribution in [2.24, 2.45) is 0 Å². The highest BCUT2D eigenvalue weighted by molar-refractivity contribution is 6.33. The molecular formula is C20H31ClN4O5. The molecule has 9 nitrogen and oxygen atoms in total. The third kappa shape index (κ3) is 6.53. The van der Waals surface area contributed by atoms with Crippen molar-refractivity contribution in [3.63, 3.8) is 0 Å². The second-order valence-corrected chi connectivity index (χ2v) is 7.98. The molecule has 0 radical (unpaired) electrons. The van der Waals surface area contributed by atoms with Gasteiger partial charge in [-0.15, -0.1) is 0 Å². The van der Waals surface area contributed by atoms with Gasteiger partial charge < -0.3 is 28.8 Å². The van der Waals surface area contributed by atoms with E-state index in [0.717, 1.165) is 5.69 Å². The molecule has 0 saturated carbocycles. The number of ether oxygens (including phenoxy) is 4. The van der Waals surface area contributed by atoms with E-state index in [2.05, 4.69) is 15.3 Å². The van der Waals surface area contributed by atoms with Crippen molar-refractivity contribution in [2.45, 2.75) is 59.1 Å². The van der Waals surface area contributed by atoms with Gasteiger partial charge in [0.2, 0.25) is 0 Å². The van der Waals surface area contributed by atoms with Crippen LogP contribution in [0.15, 0.2) is 12.4 Å². The fourth-order valence-electron chi connectivity index (χ4n) is 3.00. The minimum atomic E-state index is -0.616. The largest absolute Gasteiger partial charge is 0.444 e. The van der Waals surface area contributed by atoms with Crippen LogP contribution >= 0.6 is 11.6 Å². The van der Waals surface area contributed by atoms with Crippen molar-refractivity contribution < 1.29 is 23.7 Å². The number of carbonyl (C=O) groups excluding carboxylic acids is 1. The van der Waals surface area contributed by atoms with E-state index in [4.69, 9.17) is 30.5 Å². The fraction of sp³-hybridized carbons (Fsp3) is 0.650.